The van der Waals surface area contributed by atoms with Crippen molar-refractivity contribution in [2.75, 3.05) is 98.9 Å². The van der Waals surface area contributed by atoms with E-state index in [1.165, 1.54) is 12.8 Å². The summed E-state index contributed by atoms with van der Waals surface area (Å²) in [6, 6.07) is 0. The predicted molar refractivity (Wildman–Crippen MR) is 97.0 cm³/mol. The van der Waals surface area contributed by atoms with Crippen LogP contribution in [0, 0.1) is 0 Å². The van der Waals surface area contributed by atoms with Crippen molar-refractivity contribution in [2.24, 2.45) is 0 Å². The summed E-state index contributed by atoms with van der Waals surface area (Å²) in [6.07, 6.45) is 3.46. The maximum Gasteiger partial charge on any atom is 0.135 e. The molecule has 0 amide bonds. The van der Waals surface area contributed by atoms with E-state index in [1.807, 2.05) is 0 Å². The van der Waals surface area contributed by atoms with Crippen molar-refractivity contribution in [2.45, 2.75) is 19.3 Å². The van der Waals surface area contributed by atoms with Crippen molar-refractivity contribution in [1.82, 2.24) is 9.80 Å². The molecule has 3 rings (SSSR count). The SMILES string of the molecule is C1CCOCCN2CCOCCOCCN(CC1)CCOCCOOC2. The highest BCUT2D eigenvalue weighted by Crippen LogP contribution is 2.02. The lowest BCUT2D eigenvalue weighted by Gasteiger charge is -2.24. The van der Waals surface area contributed by atoms with Crippen LogP contribution in [0.15, 0.2) is 0 Å². The normalized spacial score (nSPS) is 30.5. The molecular weight excluding hydrogens is 340 g/mol. The molecule has 26 heavy (non-hydrogen) atoms. The van der Waals surface area contributed by atoms with Gasteiger partial charge in [-0.1, -0.05) is 0 Å². The molecule has 2 unspecified atom stereocenters. The van der Waals surface area contributed by atoms with E-state index in [4.69, 9.17) is 28.7 Å². The molecule has 154 valence electrons. The second-order valence-corrected chi connectivity index (χ2v) is 6.54. The van der Waals surface area contributed by atoms with Crippen LogP contribution < -0.4 is 0 Å². The van der Waals surface area contributed by atoms with E-state index >= 15 is 0 Å². The van der Waals surface area contributed by atoms with E-state index in [0.29, 0.717) is 53.0 Å². The van der Waals surface area contributed by atoms with Crippen LogP contribution in [-0.4, -0.2) is 109 Å². The molecule has 3 saturated heterocycles. The van der Waals surface area contributed by atoms with E-state index in [1.54, 1.807) is 0 Å². The first-order chi connectivity index (χ1) is 12.9. The molecule has 0 N–H and O–H groups in total. The maximum atomic E-state index is 5.77. The van der Waals surface area contributed by atoms with Crippen molar-refractivity contribution >= 4 is 0 Å². The van der Waals surface area contributed by atoms with Crippen molar-refractivity contribution in [3.8, 4) is 0 Å². The highest BCUT2D eigenvalue weighted by Gasteiger charge is 2.09. The zero-order chi connectivity index (χ0) is 18.1. The molecule has 0 aliphatic carbocycles. The van der Waals surface area contributed by atoms with Gasteiger partial charge in [0.25, 0.3) is 0 Å². The van der Waals surface area contributed by atoms with Crippen LogP contribution in [0.2, 0.25) is 0 Å². The molecule has 3 aliphatic heterocycles. The third-order valence-corrected chi connectivity index (χ3v) is 4.47. The summed E-state index contributed by atoms with van der Waals surface area (Å²) < 4.78 is 22.8. The summed E-state index contributed by atoms with van der Waals surface area (Å²) in [7, 11) is 0. The molecule has 2 atom stereocenters. The first-order valence-corrected chi connectivity index (χ1v) is 9.95. The highest BCUT2D eigenvalue weighted by molar-refractivity contribution is 4.59. The average molecular weight is 376 g/mol. The Balaban J connectivity index is 1.87. The summed E-state index contributed by atoms with van der Waals surface area (Å²) in [5, 5.41) is 0. The van der Waals surface area contributed by atoms with E-state index < -0.39 is 0 Å². The van der Waals surface area contributed by atoms with Crippen LogP contribution in [0.25, 0.3) is 0 Å². The lowest BCUT2D eigenvalue weighted by atomic mass is 10.2. The average Bonchev–Trinajstić information content (AvgIpc) is 2.65. The second-order valence-electron chi connectivity index (χ2n) is 6.54. The zero-order valence-electron chi connectivity index (χ0n) is 16.1. The minimum Gasteiger partial charge on any atom is -0.380 e. The molecule has 0 aromatic rings. The quantitative estimate of drug-likeness (QED) is 0.575. The van der Waals surface area contributed by atoms with Gasteiger partial charge < -0.3 is 18.9 Å². The fourth-order valence-electron chi connectivity index (χ4n) is 2.86. The predicted octanol–water partition coefficient (Wildman–Crippen LogP) is 0.760. The molecule has 3 aliphatic rings. The molecular formula is C18H36N2O6. The van der Waals surface area contributed by atoms with Gasteiger partial charge in [0.2, 0.25) is 0 Å². The Morgan fingerprint density at radius 2 is 0.962 bits per heavy atom. The first-order valence-electron chi connectivity index (χ1n) is 9.95. The van der Waals surface area contributed by atoms with Crippen molar-refractivity contribution < 1.29 is 28.7 Å². The summed E-state index contributed by atoms with van der Waals surface area (Å²) in [5.41, 5.74) is 0. The number of fused-ring (bicyclic) bond motifs is 21. The van der Waals surface area contributed by atoms with Crippen LogP contribution in [0.1, 0.15) is 19.3 Å². The molecule has 0 aromatic carbocycles. The smallest absolute Gasteiger partial charge is 0.135 e. The van der Waals surface area contributed by atoms with Gasteiger partial charge in [0, 0.05) is 32.8 Å². The van der Waals surface area contributed by atoms with E-state index in [2.05, 4.69) is 9.80 Å². The molecule has 8 nitrogen and oxygen atoms in total. The van der Waals surface area contributed by atoms with E-state index in [0.717, 1.165) is 52.4 Å². The van der Waals surface area contributed by atoms with Gasteiger partial charge >= 0.3 is 0 Å². The maximum absolute atomic E-state index is 5.77. The van der Waals surface area contributed by atoms with Gasteiger partial charge in [0.1, 0.15) is 13.3 Å². The summed E-state index contributed by atoms with van der Waals surface area (Å²) in [6.45, 7) is 10.7. The molecule has 0 radical (unpaired) electrons. The van der Waals surface area contributed by atoms with Crippen molar-refractivity contribution in [3.63, 3.8) is 0 Å². The van der Waals surface area contributed by atoms with Crippen LogP contribution in [0.4, 0.5) is 0 Å². The largest absolute Gasteiger partial charge is 0.380 e. The summed E-state index contributed by atoms with van der Waals surface area (Å²) >= 11 is 0. The third-order valence-electron chi connectivity index (χ3n) is 4.47. The van der Waals surface area contributed by atoms with Gasteiger partial charge in [-0.25, -0.2) is 9.78 Å². The minimum atomic E-state index is 0.400. The molecule has 0 aromatic heterocycles. The number of hydrogen-bond acceptors (Lipinski definition) is 8. The standard InChI is InChI=1S/C18H36N2O6/c1-2-4-19-5-10-22-14-15-23-13-8-20(7-12-21-9-3-1)18-26-25-17-16-24-11-6-19/h1-18H2. The van der Waals surface area contributed by atoms with Crippen molar-refractivity contribution in [3.05, 3.63) is 0 Å². The van der Waals surface area contributed by atoms with Gasteiger partial charge in [0.05, 0.1) is 46.2 Å². The van der Waals surface area contributed by atoms with Crippen LogP contribution in [-0.2, 0) is 28.7 Å². The van der Waals surface area contributed by atoms with E-state index in [-0.39, 0.29) is 0 Å². The van der Waals surface area contributed by atoms with Gasteiger partial charge in [-0.2, -0.15) is 0 Å². The summed E-state index contributed by atoms with van der Waals surface area (Å²) in [4.78, 5) is 15.1. The van der Waals surface area contributed by atoms with Gasteiger partial charge in [-0.05, 0) is 25.8 Å². The summed E-state index contributed by atoms with van der Waals surface area (Å²) in [5.74, 6) is 0. The Kier molecular flexibility index (Phi) is 13.3. The Bertz CT molecular complexity index is 247. The Hall–Kier alpha value is -0.320. The zero-order valence-corrected chi connectivity index (χ0v) is 16.1. The number of nitrogens with zero attached hydrogens (tertiary/aromatic N) is 2. The fourth-order valence-corrected chi connectivity index (χ4v) is 2.86. The monoisotopic (exact) mass is 376 g/mol. The Labute approximate surface area is 157 Å². The molecule has 0 spiro atoms. The Morgan fingerprint density at radius 3 is 1.65 bits per heavy atom. The van der Waals surface area contributed by atoms with Crippen LogP contribution in [0.5, 0.6) is 0 Å². The van der Waals surface area contributed by atoms with Crippen molar-refractivity contribution in [1.29, 1.82) is 0 Å². The molecule has 2 bridgehead atoms. The lowest BCUT2D eigenvalue weighted by molar-refractivity contribution is -0.320. The number of hydrogen-bond donors (Lipinski definition) is 0. The molecule has 0 saturated carbocycles. The van der Waals surface area contributed by atoms with Gasteiger partial charge in [0.15, 0.2) is 0 Å². The lowest BCUT2D eigenvalue weighted by Crippen LogP contribution is -2.34. The van der Waals surface area contributed by atoms with Gasteiger partial charge in [-0.3, -0.25) is 9.80 Å². The topological polar surface area (TPSA) is 61.9 Å². The highest BCUT2D eigenvalue weighted by atomic mass is 17.2. The number of ether oxygens (including phenoxy) is 4. The minimum absolute atomic E-state index is 0.400. The second kappa shape index (κ2) is 15.7. The third kappa shape index (κ3) is 11.4. The van der Waals surface area contributed by atoms with E-state index in [9.17, 15) is 0 Å². The number of rotatable bonds is 0. The van der Waals surface area contributed by atoms with Gasteiger partial charge in [-0.15, -0.1) is 0 Å². The molecule has 3 heterocycles. The van der Waals surface area contributed by atoms with Crippen LogP contribution >= 0.6 is 0 Å². The fraction of sp³-hybridized carbons (Fsp3) is 1.00. The Morgan fingerprint density at radius 1 is 0.385 bits per heavy atom. The molecule has 3 fully saturated rings. The molecule has 8 heteroatoms. The first kappa shape index (κ1) is 22.0. The van der Waals surface area contributed by atoms with Crippen LogP contribution in [0.3, 0.4) is 0 Å².